The normalized spacial score (nSPS) is 26.1. The van der Waals surface area contributed by atoms with Crippen molar-refractivity contribution >= 4 is 0 Å². The lowest BCUT2D eigenvalue weighted by molar-refractivity contribution is 0.441. The summed E-state index contributed by atoms with van der Waals surface area (Å²) < 4.78 is 1.87. The molecule has 3 nitrogen and oxygen atoms in total. The summed E-state index contributed by atoms with van der Waals surface area (Å²) in [6.45, 7) is 4.66. The highest BCUT2D eigenvalue weighted by atomic mass is 15.2. The molecule has 0 saturated heterocycles. The molecule has 2 rings (SSSR count). The lowest BCUT2D eigenvalue weighted by atomic mass is 10.00. The zero-order chi connectivity index (χ0) is 10.3. The Morgan fingerprint density at radius 2 is 2.29 bits per heavy atom. The van der Waals surface area contributed by atoms with Crippen molar-refractivity contribution in [2.24, 2.45) is 18.4 Å². The van der Waals surface area contributed by atoms with E-state index in [1.54, 1.807) is 0 Å². The Balaban J connectivity index is 2.15. The molecule has 78 valence electrons. The molecule has 0 amide bonds. The zero-order valence-corrected chi connectivity index (χ0v) is 9.41. The van der Waals surface area contributed by atoms with Crippen LogP contribution in [0.2, 0.25) is 0 Å². The molecule has 1 aromatic heterocycles. The van der Waals surface area contributed by atoms with E-state index in [-0.39, 0.29) is 0 Å². The highest BCUT2D eigenvalue weighted by Gasteiger charge is 2.50. The molecule has 1 N–H and O–H groups in total. The van der Waals surface area contributed by atoms with Crippen LogP contribution in [0.1, 0.15) is 31.9 Å². The van der Waals surface area contributed by atoms with Gasteiger partial charge in [-0.1, -0.05) is 13.8 Å². The second-order valence-electron chi connectivity index (χ2n) is 5.01. The van der Waals surface area contributed by atoms with Crippen molar-refractivity contribution < 1.29 is 0 Å². The predicted octanol–water partition coefficient (Wildman–Crippen LogP) is 1.73. The van der Waals surface area contributed by atoms with E-state index in [0.29, 0.717) is 11.5 Å². The minimum atomic E-state index is 0.471. The Bertz CT molecular complexity index is 327. The van der Waals surface area contributed by atoms with Gasteiger partial charge in [0.15, 0.2) is 0 Å². The van der Waals surface area contributed by atoms with Crippen molar-refractivity contribution in [1.82, 2.24) is 15.1 Å². The molecule has 0 bridgehead atoms. The minimum absolute atomic E-state index is 0.471. The van der Waals surface area contributed by atoms with Gasteiger partial charge in [0, 0.05) is 24.8 Å². The summed E-state index contributed by atoms with van der Waals surface area (Å²) in [5.41, 5.74) is 1.81. The van der Waals surface area contributed by atoms with E-state index in [9.17, 15) is 0 Å². The molecule has 1 heterocycles. The van der Waals surface area contributed by atoms with E-state index in [4.69, 9.17) is 0 Å². The van der Waals surface area contributed by atoms with Crippen molar-refractivity contribution in [2.75, 3.05) is 7.05 Å². The molecule has 1 aliphatic rings. The van der Waals surface area contributed by atoms with Crippen LogP contribution in [0.4, 0.5) is 0 Å². The van der Waals surface area contributed by atoms with Crippen LogP contribution in [0.3, 0.4) is 0 Å². The van der Waals surface area contributed by atoms with Gasteiger partial charge in [-0.2, -0.15) is 5.10 Å². The van der Waals surface area contributed by atoms with Gasteiger partial charge >= 0.3 is 0 Å². The molecule has 0 aromatic carbocycles. The maximum atomic E-state index is 4.22. The lowest BCUT2D eigenvalue weighted by Gasteiger charge is -2.16. The van der Waals surface area contributed by atoms with E-state index in [1.165, 1.54) is 12.0 Å². The molecule has 14 heavy (non-hydrogen) atoms. The van der Waals surface area contributed by atoms with E-state index >= 15 is 0 Å². The van der Waals surface area contributed by atoms with Gasteiger partial charge in [0.05, 0.1) is 6.20 Å². The number of hydrogen-bond donors (Lipinski definition) is 1. The average molecular weight is 193 g/mol. The molecule has 1 saturated carbocycles. The summed E-state index contributed by atoms with van der Waals surface area (Å²) in [6.07, 6.45) is 5.39. The summed E-state index contributed by atoms with van der Waals surface area (Å²) in [6, 6.07) is 0.471. The number of rotatable bonds is 3. The smallest absolute Gasteiger partial charge is 0.0537 e. The molecule has 2 atom stereocenters. The standard InChI is InChI=1S/C11H19N3/c1-11(2)5-9(11)10(12-3)8-6-13-14(4)7-8/h6-7,9-10,12H,5H2,1-4H3. The van der Waals surface area contributed by atoms with Gasteiger partial charge in [-0.3, -0.25) is 4.68 Å². The van der Waals surface area contributed by atoms with Gasteiger partial charge < -0.3 is 5.32 Å². The fourth-order valence-corrected chi connectivity index (χ4v) is 2.28. The third-order valence-electron chi connectivity index (χ3n) is 3.39. The van der Waals surface area contributed by atoms with Crippen LogP contribution in [-0.4, -0.2) is 16.8 Å². The van der Waals surface area contributed by atoms with E-state index < -0.39 is 0 Å². The van der Waals surface area contributed by atoms with Crippen LogP contribution in [0, 0.1) is 11.3 Å². The molecular formula is C11H19N3. The monoisotopic (exact) mass is 193 g/mol. The molecule has 1 fully saturated rings. The molecule has 0 spiro atoms. The summed E-state index contributed by atoms with van der Waals surface area (Å²) in [4.78, 5) is 0. The Morgan fingerprint density at radius 1 is 1.64 bits per heavy atom. The fraction of sp³-hybridized carbons (Fsp3) is 0.727. The Kier molecular flexibility index (Phi) is 2.14. The minimum Gasteiger partial charge on any atom is -0.313 e. The van der Waals surface area contributed by atoms with Gasteiger partial charge in [-0.05, 0) is 24.8 Å². The molecule has 0 aliphatic heterocycles. The number of nitrogens with zero attached hydrogens (tertiary/aromatic N) is 2. The number of nitrogens with one attached hydrogen (secondary N) is 1. The first-order chi connectivity index (χ1) is 6.54. The molecule has 1 aliphatic carbocycles. The highest BCUT2D eigenvalue weighted by molar-refractivity contribution is 5.17. The Hall–Kier alpha value is -0.830. The van der Waals surface area contributed by atoms with Crippen molar-refractivity contribution in [1.29, 1.82) is 0 Å². The summed E-state index contributed by atoms with van der Waals surface area (Å²) in [7, 11) is 4.00. The van der Waals surface area contributed by atoms with Gasteiger partial charge in [-0.15, -0.1) is 0 Å². The van der Waals surface area contributed by atoms with E-state index in [0.717, 1.165) is 5.92 Å². The number of aromatic nitrogens is 2. The quantitative estimate of drug-likeness (QED) is 0.792. The molecule has 3 heteroatoms. The summed E-state index contributed by atoms with van der Waals surface area (Å²) >= 11 is 0. The Morgan fingerprint density at radius 3 is 2.64 bits per heavy atom. The van der Waals surface area contributed by atoms with Crippen molar-refractivity contribution in [3.8, 4) is 0 Å². The predicted molar refractivity (Wildman–Crippen MR) is 56.9 cm³/mol. The third kappa shape index (κ3) is 1.57. The van der Waals surface area contributed by atoms with Crippen LogP contribution >= 0.6 is 0 Å². The van der Waals surface area contributed by atoms with Gasteiger partial charge in [0.25, 0.3) is 0 Å². The average Bonchev–Trinajstić information content (AvgIpc) is 2.56. The van der Waals surface area contributed by atoms with E-state index in [1.807, 2.05) is 25.0 Å². The largest absolute Gasteiger partial charge is 0.313 e. The second-order valence-corrected chi connectivity index (χ2v) is 5.01. The molecule has 1 aromatic rings. The topological polar surface area (TPSA) is 29.9 Å². The SMILES string of the molecule is CNC(c1cnn(C)c1)C1CC1(C)C. The second kappa shape index (κ2) is 3.09. The van der Waals surface area contributed by atoms with Crippen LogP contribution in [0.5, 0.6) is 0 Å². The van der Waals surface area contributed by atoms with Crippen LogP contribution < -0.4 is 5.32 Å². The fourth-order valence-electron chi connectivity index (χ4n) is 2.28. The maximum Gasteiger partial charge on any atom is 0.0537 e. The first-order valence-corrected chi connectivity index (χ1v) is 5.20. The van der Waals surface area contributed by atoms with E-state index in [2.05, 4.69) is 30.5 Å². The summed E-state index contributed by atoms with van der Waals surface area (Å²) in [5, 5.41) is 7.62. The first kappa shape index (κ1) is 9.71. The lowest BCUT2D eigenvalue weighted by Crippen LogP contribution is -2.20. The van der Waals surface area contributed by atoms with Gasteiger partial charge in [0.2, 0.25) is 0 Å². The maximum absolute atomic E-state index is 4.22. The third-order valence-corrected chi connectivity index (χ3v) is 3.39. The Labute approximate surface area is 85.5 Å². The highest BCUT2D eigenvalue weighted by Crippen LogP contribution is 2.57. The van der Waals surface area contributed by atoms with Crippen molar-refractivity contribution in [3.05, 3.63) is 18.0 Å². The summed E-state index contributed by atoms with van der Waals surface area (Å²) in [5.74, 6) is 0.761. The molecular weight excluding hydrogens is 174 g/mol. The first-order valence-electron chi connectivity index (χ1n) is 5.20. The molecule has 2 unspecified atom stereocenters. The van der Waals surface area contributed by atoms with Crippen molar-refractivity contribution in [3.63, 3.8) is 0 Å². The van der Waals surface area contributed by atoms with Crippen LogP contribution in [0.15, 0.2) is 12.4 Å². The zero-order valence-electron chi connectivity index (χ0n) is 9.41. The number of hydrogen-bond acceptors (Lipinski definition) is 2. The molecule has 0 radical (unpaired) electrons. The number of aryl methyl sites for hydroxylation is 1. The van der Waals surface area contributed by atoms with Crippen LogP contribution in [-0.2, 0) is 7.05 Å². The van der Waals surface area contributed by atoms with Gasteiger partial charge in [0.1, 0.15) is 0 Å². The van der Waals surface area contributed by atoms with Gasteiger partial charge in [-0.25, -0.2) is 0 Å². The van der Waals surface area contributed by atoms with Crippen molar-refractivity contribution in [2.45, 2.75) is 26.3 Å². The van der Waals surface area contributed by atoms with Crippen LogP contribution in [0.25, 0.3) is 0 Å².